The smallest absolute Gasteiger partial charge is 0.388 e. The van der Waals surface area contributed by atoms with Gasteiger partial charge in [-0.1, -0.05) is 13.0 Å². The Balaban J connectivity index is 2.29. The summed E-state index contributed by atoms with van der Waals surface area (Å²) >= 11 is 0. The van der Waals surface area contributed by atoms with Crippen molar-refractivity contribution in [2.75, 3.05) is 24.5 Å². The second-order valence-corrected chi connectivity index (χ2v) is 5.79. The molecule has 0 spiro atoms. The summed E-state index contributed by atoms with van der Waals surface area (Å²) in [6.45, 7) is 5.30. The number of rotatable bonds is 4. The second-order valence-electron chi connectivity index (χ2n) is 5.79. The Kier molecular flexibility index (Phi) is 4.49. The first-order chi connectivity index (χ1) is 9.73. The molecule has 1 aliphatic rings. The maximum absolute atomic E-state index is 13.2. The molecule has 1 heterocycles. The molecule has 1 aromatic rings. The first kappa shape index (κ1) is 16.1. The van der Waals surface area contributed by atoms with Crippen molar-refractivity contribution in [3.05, 3.63) is 29.3 Å². The fraction of sp³-hybridized carbons (Fsp3) is 0.600. The molecule has 6 heteroatoms. The van der Waals surface area contributed by atoms with E-state index in [-0.39, 0.29) is 12.1 Å². The Morgan fingerprint density at radius 2 is 2.10 bits per heavy atom. The summed E-state index contributed by atoms with van der Waals surface area (Å²) in [5, 5.41) is 12.9. The molecular weight excluding hydrogens is 281 g/mol. The topological polar surface area (TPSA) is 35.5 Å². The SMILES string of the molecule is CCNCc1ccc(N2CCC(C)(O)C2)cc1C(F)(F)F. The van der Waals surface area contributed by atoms with Crippen molar-refractivity contribution in [2.24, 2.45) is 0 Å². The van der Waals surface area contributed by atoms with Gasteiger partial charge in [0.25, 0.3) is 0 Å². The molecule has 2 rings (SSSR count). The molecule has 1 aliphatic heterocycles. The van der Waals surface area contributed by atoms with Crippen molar-refractivity contribution in [1.29, 1.82) is 0 Å². The molecule has 0 saturated carbocycles. The van der Waals surface area contributed by atoms with Crippen LogP contribution in [0.4, 0.5) is 18.9 Å². The minimum Gasteiger partial charge on any atom is -0.388 e. The van der Waals surface area contributed by atoms with Gasteiger partial charge >= 0.3 is 6.18 Å². The molecule has 0 bridgehead atoms. The van der Waals surface area contributed by atoms with E-state index in [1.54, 1.807) is 17.9 Å². The zero-order chi connectivity index (χ0) is 15.7. The number of β-amino-alcohol motifs (C(OH)–C–C–N with tert-alkyl or cyclic N) is 1. The molecule has 2 N–H and O–H groups in total. The average molecular weight is 302 g/mol. The average Bonchev–Trinajstić information content (AvgIpc) is 2.75. The van der Waals surface area contributed by atoms with Crippen LogP contribution >= 0.6 is 0 Å². The normalized spacial score (nSPS) is 22.9. The second kappa shape index (κ2) is 5.85. The van der Waals surface area contributed by atoms with E-state index in [0.29, 0.717) is 31.7 Å². The fourth-order valence-electron chi connectivity index (χ4n) is 2.60. The third kappa shape index (κ3) is 3.89. The lowest BCUT2D eigenvalue weighted by Gasteiger charge is -2.23. The number of hydrogen-bond donors (Lipinski definition) is 2. The third-order valence-corrected chi connectivity index (χ3v) is 3.78. The van der Waals surface area contributed by atoms with Gasteiger partial charge in [-0.2, -0.15) is 13.2 Å². The van der Waals surface area contributed by atoms with Crippen LogP contribution in [0.25, 0.3) is 0 Å². The van der Waals surface area contributed by atoms with Crippen molar-refractivity contribution in [3.8, 4) is 0 Å². The number of anilines is 1. The fourth-order valence-corrected chi connectivity index (χ4v) is 2.60. The van der Waals surface area contributed by atoms with Crippen molar-refractivity contribution in [3.63, 3.8) is 0 Å². The van der Waals surface area contributed by atoms with E-state index in [1.807, 2.05) is 6.92 Å². The van der Waals surface area contributed by atoms with Gasteiger partial charge in [-0.25, -0.2) is 0 Å². The highest BCUT2D eigenvalue weighted by Gasteiger charge is 2.36. The van der Waals surface area contributed by atoms with Crippen molar-refractivity contribution in [2.45, 2.75) is 38.6 Å². The number of aliphatic hydroxyl groups is 1. The molecule has 0 amide bonds. The molecule has 1 aromatic carbocycles. The predicted molar refractivity (Wildman–Crippen MR) is 76.3 cm³/mol. The van der Waals surface area contributed by atoms with Crippen molar-refractivity contribution in [1.82, 2.24) is 5.32 Å². The van der Waals surface area contributed by atoms with Crippen LogP contribution in [0.15, 0.2) is 18.2 Å². The quantitative estimate of drug-likeness (QED) is 0.898. The molecule has 0 radical (unpaired) electrons. The van der Waals surface area contributed by atoms with Crippen LogP contribution in [0.2, 0.25) is 0 Å². The first-order valence-electron chi connectivity index (χ1n) is 7.11. The summed E-state index contributed by atoms with van der Waals surface area (Å²) in [7, 11) is 0. The monoisotopic (exact) mass is 302 g/mol. The van der Waals surface area contributed by atoms with Gasteiger partial charge in [0.2, 0.25) is 0 Å². The third-order valence-electron chi connectivity index (χ3n) is 3.78. The van der Waals surface area contributed by atoms with Crippen LogP contribution < -0.4 is 10.2 Å². The Morgan fingerprint density at radius 1 is 1.38 bits per heavy atom. The maximum Gasteiger partial charge on any atom is 0.416 e. The van der Waals surface area contributed by atoms with E-state index < -0.39 is 17.3 Å². The van der Waals surface area contributed by atoms with Crippen LogP contribution in [0.3, 0.4) is 0 Å². The summed E-state index contributed by atoms with van der Waals surface area (Å²) in [4.78, 5) is 1.80. The molecule has 1 saturated heterocycles. The van der Waals surface area contributed by atoms with E-state index in [9.17, 15) is 18.3 Å². The Morgan fingerprint density at radius 3 is 2.62 bits per heavy atom. The van der Waals surface area contributed by atoms with E-state index in [4.69, 9.17) is 0 Å². The molecule has 3 nitrogen and oxygen atoms in total. The number of alkyl halides is 3. The highest BCUT2D eigenvalue weighted by Crippen LogP contribution is 2.36. The minimum atomic E-state index is -4.37. The lowest BCUT2D eigenvalue weighted by molar-refractivity contribution is -0.138. The van der Waals surface area contributed by atoms with Gasteiger partial charge < -0.3 is 15.3 Å². The predicted octanol–water partition coefficient (Wildman–Crippen LogP) is 2.78. The Labute approximate surface area is 122 Å². The van der Waals surface area contributed by atoms with Crippen LogP contribution in [0.1, 0.15) is 31.4 Å². The number of hydrogen-bond acceptors (Lipinski definition) is 3. The van der Waals surface area contributed by atoms with E-state index in [0.717, 1.165) is 0 Å². The van der Waals surface area contributed by atoms with Crippen LogP contribution in [0.5, 0.6) is 0 Å². The molecule has 1 atom stereocenters. The molecule has 1 fully saturated rings. The molecule has 0 aliphatic carbocycles. The molecule has 1 unspecified atom stereocenters. The zero-order valence-electron chi connectivity index (χ0n) is 12.3. The van der Waals surface area contributed by atoms with Gasteiger partial charge in [-0.15, -0.1) is 0 Å². The molecular formula is C15H21F3N2O. The van der Waals surface area contributed by atoms with Gasteiger partial charge in [-0.05, 0) is 37.6 Å². The number of halogens is 3. The zero-order valence-corrected chi connectivity index (χ0v) is 12.3. The minimum absolute atomic E-state index is 0.198. The lowest BCUT2D eigenvalue weighted by atomic mass is 10.0. The lowest BCUT2D eigenvalue weighted by Crippen LogP contribution is -2.29. The highest BCUT2D eigenvalue weighted by molar-refractivity contribution is 5.53. The van der Waals surface area contributed by atoms with Gasteiger partial charge in [0.1, 0.15) is 0 Å². The Hall–Kier alpha value is -1.27. The first-order valence-corrected chi connectivity index (χ1v) is 7.11. The Bertz CT molecular complexity index is 500. The van der Waals surface area contributed by atoms with E-state index in [2.05, 4.69) is 5.32 Å². The summed E-state index contributed by atoms with van der Waals surface area (Å²) in [6.07, 6.45) is -3.81. The number of benzene rings is 1. The maximum atomic E-state index is 13.2. The van der Waals surface area contributed by atoms with Crippen LogP contribution in [-0.2, 0) is 12.7 Å². The van der Waals surface area contributed by atoms with Gasteiger partial charge in [0, 0.05) is 25.3 Å². The van der Waals surface area contributed by atoms with Crippen LogP contribution in [-0.4, -0.2) is 30.3 Å². The van der Waals surface area contributed by atoms with Crippen LogP contribution in [0, 0.1) is 0 Å². The van der Waals surface area contributed by atoms with E-state index >= 15 is 0 Å². The highest BCUT2D eigenvalue weighted by atomic mass is 19.4. The van der Waals surface area contributed by atoms with E-state index in [1.165, 1.54) is 12.1 Å². The summed E-state index contributed by atoms with van der Waals surface area (Å²) in [5.41, 5.74) is -0.673. The van der Waals surface area contributed by atoms with Gasteiger partial charge in [0.05, 0.1) is 11.2 Å². The molecule has 118 valence electrons. The number of nitrogens with zero attached hydrogens (tertiary/aromatic N) is 1. The standard InChI is InChI=1S/C15H21F3N2O/c1-3-19-9-11-4-5-12(8-13(11)15(16,17)18)20-7-6-14(2,21)10-20/h4-5,8,19,21H,3,6-7,9-10H2,1-2H3. The van der Waals surface area contributed by atoms with Gasteiger partial charge in [-0.3, -0.25) is 0 Å². The molecule has 21 heavy (non-hydrogen) atoms. The van der Waals surface area contributed by atoms with Crippen molar-refractivity contribution >= 4 is 5.69 Å². The van der Waals surface area contributed by atoms with Gasteiger partial charge in [0.15, 0.2) is 0 Å². The number of nitrogens with one attached hydrogen (secondary N) is 1. The summed E-state index contributed by atoms with van der Waals surface area (Å²) < 4.78 is 39.6. The summed E-state index contributed by atoms with van der Waals surface area (Å²) in [5.74, 6) is 0. The summed E-state index contributed by atoms with van der Waals surface area (Å²) in [6, 6.07) is 4.41. The largest absolute Gasteiger partial charge is 0.416 e. The van der Waals surface area contributed by atoms with Crippen molar-refractivity contribution < 1.29 is 18.3 Å². The molecule has 0 aromatic heterocycles.